The molecule has 4 atom stereocenters. The number of likely N-dealkylation sites (N-methyl/N-ethyl adjacent to an activating group) is 1. The largest absolute Gasteiger partial charge is 0.461 e. The maximum absolute atomic E-state index is 17.5. The molecule has 2 aromatic heterocycles. The summed E-state index contributed by atoms with van der Waals surface area (Å²) < 4.78 is 85.1. The number of nitriles is 1. The molecule has 2 unspecified atom stereocenters. The van der Waals surface area contributed by atoms with Crippen LogP contribution in [0.3, 0.4) is 0 Å². The van der Waals surface area contributed by atoms with Crippen molar-refractivity contribution in [1.82, 2.24) is 19.8 Å². The topological polar surface area (TPSA) is 104 Å². The lowest BCUT2D eigenvalue weighted by Crippen LogP contribution is -2.53. The van der Waals surface area contributed by atoms with E-state index in [1.54, 1.807) is 0 Å². The number of likely N-dealkylation sites (tertiary alicyclic amines) is 1. The van der Waals surface area contributed by atoms with E-state index in [9.17, 15) is 9.65 Å². The first kappa shape index (κ1) is 26.3. The van der Waals surface area contributed by atoms with Gasteiger partial charge in [0.15, 0.2) is 5.82 Å². The van der Waals surface area contributed by atoms with Gasteiger partial charge in [-0.3, -0.25) is 4.90 Å². The molecule has 2 aromatic carbocycles. The normalized spacial score (nSPS) is 28.4. The van der Waals surface area contributed by atoms with Crippen LogP contribution in [0, 0.1) is 23.0 Å². The molecule has 0 aliphatic carbocycles. The number of piperazine rings is 1. The minimum atomic E-state index is -2.26. The van der Waals surface area contributed by atoms with Crippen LogP contribution in [0.1, 0.15) is 52.9 Å². The molecule has 47 heavy (non-hydrogen) atoms. The van der Waals surface area contributed by atoms with Crippen molar-refractivity contribution >= 4 is 43.1 Å². The number of hydrogen-bond acceptors (Lipinski definition) is 10. The Morgan fingerprint density at radius 3 is 2.74 bits per heavy atom. The van der Waals surface area contributed by atoms with Gasteiger partial charge >= 0.3 is 6.01 Å². The number of benzene rings is 2. The third-order valence-electron chi connectivity index (χ3n) is 10.9. The van der Waals surface area contributed by atoms with Gasteiger partial charge in [0.05, 0.1) is 29.7 Å². The van der Waals surface area contributed by atoms with Gasteiger partial charge in [0.1, 0.15) is 41.0 Å². The number of nitrogen functional groups attached to an aromatic ring is 1. The van der Waals surface area contributed by atoms with Crippen LogP contribution in [-0.4, -0.2) is 83.3 Å². The Kier molecular flexibility index (Phi) is 5.96. The smallest absolute Gasteiger partial charge is 0.319 e. The van der Waals surface area contributed by atoms with E-state index in [0.717, 1.165) is 43.6 Å². The van der Waals surface area contributed by atoms with Gasteiger partial charge in [0.2, 0.25) is 0 Å². The lowest BCUT2D eigenvalue weighted by atomic mass is 9.90. The van der Waals surface area contributed by atoms with Crippen molar-refractivity contribution in [2.45, 2.75) is 69.1 Å². The second-order valence-corrected chi connectivity index (χ2v) is 14.6. The average Bonchev–Trinajstić information content (AvgIpc) is 3.88. The molecule has 5 aliphatic rings. The molecule has 5 aliphatic heterocycles. The minimum Gasteiger partial charge on any atom is -0.461 e. The van der Waals surface area contributed by atoms with E-state index in [2.05, 4.69) is 20.9 Å². The molecule has 4 aromatic rings. The lowest BCUT2D eigenvalue weighted by molar-refractivity contribution is 0.107. The van der Waals surface area contributed by atoms with Crippen LogP contribution in [0.15, 0.2) is 12.1 Å². The van der Waals surface area contributed by atoms with Crippen LogP contribution in [0.4, 0.5) is 24.0 Å². The first-order valence-electron chi connectivity index (χ1n) is 17.6. The van der Waals surface area contributed by atoms with Gasteiger partial charge in [-0.1, -0.05) is 0 Å². The fourth-order valence-electron chi connectivity index (χ4n) is 8.94. The first-order chi connectivity index (χ1) is 24.0. The average molecular weight is 665 g/mol. The van der Waals surface area contributed by atoms with Gasteiger partial charge in [-0.2, -0.15) is 15.2 Å². The highest BCUT2D eigenvalue weighted by Crippen LogP contribution is 2.49. The Bertz CT molecular complexity index is 2110. The second-order valence-electron chi connectivity index (χ2n) is 13.5. The van der Waals surface area contributed by atoms with Crippen molar-refractivity contribution in [1.29, 1.82) is 5.26 Å². The standard InChI is InChI=1S/C34H34F3N7O2S/c1-42-12-18-3-4-19(13-42)44(18)32-27-22-15-45-14-21(22)26(28-23(36)5-6-24-25(28)20(10-38)31(39)47-24)29(37)30(27)40-33(41-32)46-16-34-7-2-8-43(34)11-17(35)9-34/h5-6,17-19H,2-4,7-9,11-16,39H2,1H3/t17-,18?,19?,34+/m1/s1/i1D3. The van der Waals surface area contributed by atoms with E-state index in [1.165, 1.54) is 17.0 Å². The third-order valence-corrected chi connectivity index (χ3v) is 11.9. The number of nitrogens with zero attached hydrogens (tertiary/aromatic N) is 6. The Morgan fingerprint density at radius 2 is 1.96 bits per heavy atom. The van der Waals surface area contributed by atoms with Crippen LogP contribution in [0.25, 0.3) is 32.1 Å². The summed E-state index contributed by atoms with van der Waals surface area (Å²) in [7, 11) is 0. The number of rotatable bonds is 5. The van der Waals surface area contributed by atoms with Crippen LogP contribution >= 0.6 is 11.3 Å². The highest BCUT2D eigenvalue weighted by Gasteiger charge is 2.50. The molecule has 0 radical (unpaired) electrons. The van der Waals surface area contributed by atoms with Gasteiger partial charge in [-0.15, -0.1) is 11.3 Å². The number of nitrogens with two attached hydrogens (primary N) is 1. The summed E-state index contributed by atoms with van der Waals surface area (Å²) in [6.07, 6.45) is 2.46. The van der Waals surface area contributed by atoms with Gasteiger partial charge < -0.3 is 25.0 Å². The number of ether oxygens (including phenoxy) is 2. The third kappa shape index (κ3) is 4.31. The van der Waals surface area contributed by atoms with E-state index in [1.807, 2.05) is 0 Å². The predicted octanol–water partition coefficient (Wildman–Crippen LogP) is 5.51. The molecule has 244 valence electrons. The molecule has 4 saturated heterocycles. The quantitative estimate of drug-likeness (QED) is 0.296. The molecule has 0 amide bonds. The summed E-state index contributed by atoms with van der Waals surface area (Å²) >= 11 is 1.13. The lowest BCUT2D eigenvalue weighted by Gasteiger charge is -2.41. The number of hydrogen-bond donors (Lipinski definition) is 1. The molecule has 9 nitrogen and oxygen atoms in total. The number of halogens is 3. The van der Waals surface area contributed by atoms with Crippen molar-refractivity contribution in [3.8, 4) is 23.2 Å². The van der Waals surface area contributed by atoms with Crippen molar-refractivity contribution in [2.75, 3.05) is 50.4 Å². The molecule has 13 heteroatoms. The zero-order valence-electron chi connectivity index (χ0n) is 28.5. The molecule has 9 rings (SSSR count). The van der Waals surface area contributed by atoms with Crippen molar-refractivity contribution in [3.05, 3.63) is 40.5 Å². The molecule has 2 bridgehead atoms. The number of anilines is 2. The Morgan fingerprint density at radius 1 is 1.15 bits per heavy atom. The van der Waals surface area contributed by atoms with Crippen molar-refractivity contribution in [2.24, 2.45) is 0 Å². The first-order valence-corrected chi connectivity index (χ1v) is 16.9. The summed E-state index contributed by atoms with van der Waals surface area (Å²) in [5.74, 6) is -1.11. The van der Waals surface area contributed by atoms with Crippen LogP contribution in [0.2, 0.25) is 0 Å². The van der Waals surface area contributed by atoms with E-state index < -0.39 is 30.3 Å². The molecule has 0 saturated carbocycles. The van der Waals surface area contributed by atoms with Gasteiger partial charge in [0.25, 0.3) is 0 Å². The van der Waals surface area contributed by atoms with E-state index >= 15 is 8.78 Å². The highest BCUT2D eigenvalue weighted by molar-refractivity contribution is 7.23. The van der Waals surface area contributed by atoms with Crippen LogP contribution in [-0.2, 0) is 18.0 Å². The second kappa shape index (κ2) is 10.7. The molecule has 2 N–H and O–H groups in total. The van der Waals surface area contributed by atoms with E-state index in [-0.39, 0.29) is 83.6 Å². The number of alkyl halides is 1. The maximum Gasteiger partial charge on any atom is 0.319 e. The van der Waals surface area contributed by atoms with Crippen LogP contribution in [0.5, 0.6) is 6.01 Å². The summed E-state index contributed by atoms with van der Waals surface area (Å²) in [6.45, 7) is -0.409. The zero-order chi connectivity index (χ0) is 34.7. The monoisotopic (exact) mass is 664 g/mol. The summed E-state index contributed by atoms with van der Waals surface area (Å²) in [5, 5.41) is 10.8. The van der Waals surface area contributed by atoms with E-state index in [0.29, 0.717) is 40.0 Å². The van der Waals surface area contributed by atoms with Gasteiger partial charge in [-0.05, 0) is 62.5 Å². The minimum absolute atomic E-state index is 0.00497. The highest BCUT2D eigenvalue weighted by atomic mass is 32.1. The Balaban J connectivity index is 1.26. The molecule has 7 heterocycles. The summed E-state index contributed by atoms with van der Waals surface area (Å²) in [6, 6.07) is 4.33. The van der Waals surface area contributed by atoms with Crippen LogP contribution < -0.4 is 15.4 Å². The SMILES string of the molecule is [2H]C([2H])([2H])N1CC2CCC(C1)N2c1nc(OC[C@@]23CCCN2C[C@H](F)C3)nc2c(F)c(-c3c(F)ccc4sc(N)c(C#N)c34)c3c(c12)COC3. The Hall–Kier alpha value is -3.70. The maximum atomic E-state index is 17.5. The summed E-state index contributed by atoms with van der Waals surface area (Å²) in [4.78, 5) is 15.3. The van der Waals surface area contributed by atoms with Gasteiger partial charge in [-0.25, -0.2) is 13.2 Å². The molecular formula is C34H34F3N7O2S. The molecule has 0 spiro atoms. The fraction of sp³-hybridized carbons (Fsp3) is 0.500. The number of fused-ring (bicyclic) bond motifs is 7. The van der Waals surface area contributed by atoms with Crippen molar-refractivity contribution in [3.63, 3.8) is 0 Å². The molecular weight excluding hydrogens is 627 g/mol. The van der Waals surface area contributed by atoms with E-state index in [4.69, 9.17) is 24.3 Å². The Labute approximate surface area is 277 Å². The van der Waals surface area contributed by atoms with Crippen molar-refractivity contribution < 1.29 is 26.8 Å². The fourth-order valence-corrected chi connectivity index (χ4v) is 9.87. The summed E-state index contributed by atoms with van der Waals surface area (Å²) in [5.41, 5.74) is 6.55. The number of aromatic nitrogens is 2. The zero-order valence-corrected chi connectivity index (χ0v) is 26.3. The predicted molar refractivity (Wildman–Crippen MR) is 173 cm³/mol. The number of thiophene rings is 1. The molecule has 4 fully saturated rings. The van der Waals surface area contributed by atoms with Gasteiger partial charge in [0, 0.05) is 63.5 Å².